The van der Waals surface area contributed by atoms with Gasteiger partial charge in [-0.2, -0.15) is 13.2 Å². The van der Waals surface area contributed by atoms with Gasteiger partial charge in [0.25, 0.3) is 5.91 Å². The van der Waals surface area contributed by atoms with E-state index >= 15 is 0 Å². The number of aromatic nitrogens is 2. The summed E-state index contributed by atoms with van der Waals surface area (Å²) in [6.45, 7) is 2.34. The van der Waals surface area contributed by atoms with Gasteiger partial charge in [0.05, 0.1) is 40.0 Å². The maximum absolute atomic E-state index is 13.9. The Kier molecular flexibility index (Phi) is 6.26. The fraction of sp³-hybridized carbons (Fsp3) is 0.286. The first kappa shape index (κ1) is 23.3. The van der Waals surface area contributed by atoms with E-state index in [1.54, 1.807) is 13.0 Å². The number of ether oxygens (including phenoxy) is 1. The zero-order valence-corrected chi connectivity index (χ0v) is 18.7. The van der Waals surface area contributed by atoms with Crippen molar-refractivity contribution in [1.29, 1.82) is 0 Å². The number of imidazole rings is 1. The topological polar surface area (TPSA) is 76.5 Å². The first-order valence-electron chi connectivity index (χ1n) is 9.81. The van der Waals surface area contributed by atoms with Gasteiger partial charge < -0.3 is 15.0 Å². The van der Waals surface area contributed by atoms with Crippen molar-refractivity contribution in [3.8, 4) is 0 Å². The Morgan fingerprint density at radius 3 is 2.33 bits per heavy atom. The maximum Gasteiger partial charge on any atom is 0.450 e. The van der Waals surface area contributed by atoms with Gasteiger partial charge in [-0.25, -0.2) is 14.3 Å². The number of hydrogen-bond acceptors (Lipinski definition) is 4. The number of halogens is 5. The molecule has 0 spiro atoms. The summed E-state index contributed by atoms with van der Waals surface area (Å²) >= 11 is 12.2. The van der Waals surface area contributed by atoms with Gasteiger partial charge in [-0.1, -0.05) is 35.3 Å². The average molecular weight is 501 g/mol. The molecule has 0 bridgehead atoms. The van der Waals surface area contributed by atoms with E-state index in [4.69, 9.17) is 27.9 Å². The number of carbonyl (C=O) groups is 2. The number of morpholine rings is 1. The van der Waals surface area contributed by atoms with Crippen LogP contribution in [0.5, 0.6) is 0 Å². The molecule has 33 heavy (non-hydrogen) atoms. The molecule has 1 N–H and O–H groups in total. The molecule has 2 aromatic carbocycles. The third-order valence-corrected chi connectivity index (χ3v) is 5.82. The van der Waals surface area contributed by atoms with Crippen LogP contribution in [0.4, 0.5) is 23.7 Å². The first-order chi connectivity index (χ1) is 15.6. The summed E-state index contributed by atoms with van der Waals surface area (Å²) in [6, 6.07) is 6.48. The molecular weight excluding hydrogens is 484 g/mol. The van der Waals surface area contributed by atoms with E-state index in [0.717, 1.165) is 0 Å². The monoisotopic (exact) mass is 500 g/mol. The molecule has 0 saturated carbocycles. The summed E-state index contributed by atoms with van der Waals surface area (Å²) in [5.41, 5.74) is 0.159. The van der Waals surface area contributed by atoms with Gasteiger partial charge >= 0.3 is 12.2 Å². The summed E-state index contributed by atoms with van der Waals surface area (Å²) < 4.78 is 47.3. The van der Waals surface area contributed by atoms with E-state index < -0.39 is 23.9 Å². The van der Waals surface area contributed by atoms with Crippen molar-refractivity contribution < 1.29 is 27.5 Å². The Morgan fingerprint density at radius 2 is 1.73 bits per heavy atom. The van der Waals surface area contributed by atoms with E-state index in [9.17, 15) is 22.8 Å². The largest absolute Gasteiger partial charge is 0.450 e. The number of anilines is 1. The first-order valence-corrected chi connectivity index (χ1v) is 10.6. The molecule has 0 aliphatic carbocycles. The van der Waals surface area contributed by atoms with Gasteiger partial charge in [-0.3, -0.25) is 4.79 Å². The number of benzene rings is 2. The Hall–Kier alpha value is -2.82. The fourth-order valence-corrected chi connectivity index (χ4v) is 4.14. The van der Waals surface area contributed by atoms with E-state index in [2.05, 4.69) is 10.3 Å². The predicted molar refractivity (Wildman–Crippen MR) is 117 cm³/mol. The second-order valence-electron chi connectivity index (χ2n) is 7.33. The van der Waals surface area contributed by atoms with Crippen molar-refractivity contribution in [3.05, 3.63) is 57.3 Å². The van der Waals surface area contributed by atoms with Crippen LogP contribution in [-0.2, 0) is 10.9 Å². The molecule has 2 heterocycles. The average Bonchev–Trinajstić information content (AvgIpc) is 3.16. The Morgan fingerprint density at radius 1 is 1.09 bits per heavy atom. The Bertz CT molecular complexity index is 1230. The summed E-state index contributed by atoms with van der Waals surface area (Å²) in [5.74, 6) is -2.10. The second kappa shape index (κ2) is 8.85. The van der Waals surface area contributed by atoms with Gasteiger partial charge in [-0.15, -0.1) is 0 Å². The number of nitrogens with one attached hydrogen (secondary N) is 1. The van der Waals surface area contributed by atoms with Gasteiger partial charge in [0.15, 0.2) is 0 Å². The van der Waals surface area contributed by atoms with Crippen molar-refractivity contribution in [2.24, 2.45) is 0 Å². The minimum absolute atomic E-state index is 0.0208. The number of hydrogen-bond donors (Lipinski definition) is 1. The lowest BCUT2D eigenvalue weighted by Crippen LogP contribution is -2.43. The molecule has 7 nitrogen and oxygen atoms in total. The predicted octanol–water partition coefficient (Wildman–Crippen LogP) is 5.22. The molecule has 1 aliphatic rings. The van der Waals surface area contributed by atoms with Crippen LogP contribution in [0.1, 0.15) is 21.7 Å². The summed E-state index contributed by atoms with van der Waals surface area (Å²) in [6.07, 6.45) is -4.91. The second-order valence-corrected chi connectivity index (χ2v) is 8.14. The normalized spacial score (nSPS) is 14.5. The highest BCUT2D eigenvalue weighted by molar-refractivity contribution is 6.40. The molecule has 2 amide bonds. The SMILES string of the molecule is Cc1ccc2c(nc(C(F)(F)F)n2C(=O)N2CCOCC2)c1NC(=O)c1c(Cl)cccc1Cl. The van der Waals surface area contributed by atoms with Crippen molar-refractivity contribution in [3.63, 3.8) is 0 Å². The van der Waals surface area contributed by atoms with Gasteiger partial charge in [0.2, 0.25) is 5.82 Å². The van der Waals surface area contributed by atoms with E-state index in [1.807, 2.05) is 0 Å². The number of alkyl halides is 3. The van der Waals surface area contributed by atoms with Crippen LogP contribution in [-0.4, -0.2) is 52.7 Å². The highest BCUT2D eigenvalue weighted by Gasteiger charge is 2.41. The van der Waals surface area contributed by atoms with Crippen LogP contribution in [0.25, 0.3) is 11.0 Å². The van der Waals surface area contributed by atoms with E-state index in [-0.39, 0.29) is 58.6 Å². The molecule has 174 valence electrons. The van der Waals surface area contributed by atoms with Crippen LogP contribution in [0.2, 0.25) is 10.0 Å². The molecular formula is C21H17Cl2F3N4O3. The molecule has 1 aromatic heterocycles. The third kappa shape index (κ3) is 4.38. The molecule has 4 rings (SSSR count). The van der Waals surface area contributed by atoms with Crippen molar-refractivity contribution >= 4 is 51.9 Å². The Balaban J connectivity index is 1.85. The molecule has 0 unspecified atom stereocenters. The standard InChI is InChI=1S/C21H17Cl2F3N4O3/c1-11-5-6-14-17(16(11)27-18(31)15-12(22)3-2-4-13(15)23)28-19(21(24,25)26)30(14)20(32)29-7-9-33-10-8-29/h2-6H,7-10H2,1H3,(H,27,31). The molecule has 1 saturated heterocycles. The number of rotatable bonds is 2. The zero-order chi connectivity index (χ0) is 23.9. The molecule has 3 aromatic rings. The molecule has 0 atom stereocenters. The van der Waals surface area contributed by atoms with Gasteiger partial charge in [0.1, 0.15) is 5.52 Å². The number of fused-ring (bicyclic) bond motifs is 1. The minimum atomic E-state index is -4.91. The van der Waals surface area contributed by atoms with E-state index in [1.165, 1.54) is 29.2 Å². The third-order valence-electron chi connectivity index (χ3n) is 5.19. The number of aryl methyl sites for hydroxylation is 1. The van der Waals surface area contributed by atoms with Crippen molar-refractivity contribution in [1.82, 2.24) is 14.5 Å². The quantitative estimate of drug-likeness (QED) is 0.523. The molecule has 12 heteroatoms. The smallest absolute Gasteiger partial charge is 0.378 e. The van der Waals surface area contributed by atoms with E-state index in [0.29, 0.717) is 10.1 Å². The van der Waals surface area contributed by atoms with Crippen LogP contribution < -0.4 is 5.32 Å². The summed E-state index contributed by atoms with van der Waals surface area (Å²) in [7, 11) is 0. The summed E-state index contributed by atoms with van der Waals surface area (Å²) in [4.78, 5) is 30.9. The molecule has 1 aliphatic heterocycles. The zero-order valence-electron chi connectivity index (χ0n) is 17.2. The van der Waals surface area contributed by atoms with Gasteiger partial charge in [0, 0.05) is 13.1 Å². The van der Waals surface area contributed by atoms with Crippen LogP contribution in [0.3, 0.4) is 0 Å². The summed E-state index contributed by atoms with van der Waals surface area (Å²) in [5, 5.41) is 2.72. The number of carbonyl (C=O) groups excluding carboxylic acids is 2. The van der Waals surface area contributed by atoms with Gasteiger partial charge in [-0.05, 0) is 30.7 Å². The molecule has 1 fully saturated rings. The number of nitrogens with zero attached hydrogens (tertiary/aromatic N) is 3. The maximum atomic E-state index is 13.9. The van der Waals surface area contributed by atoms with Crippen molar-refractivity contribution in [2.75, 3.05) is 31.6 Å². The van der Waals surface area contributed by atoms with Crippen molar-refractivity contribution in [2.45, 2.75) is 13.1 Å². The molecule has 0 radical (unpaired) electrons. The number of amides is 2. The highest BCUT2D eigenvalue weighted by Crippen LogP contribution is 2.36. The minimum Gasteiger partial charge on any atom is -0.378 e. The lowest BCUT2D eigenvalue weighted by Gasteiger charge is -2.27. The Labute approximate surface area is 196 Å². The van der Waals surface area contributed by atoms with Crippen LogP contribution >= 0.6 is 23.2 Å². The lowest BCUT2D eigenvalue weighted by molar-refractivity contribution is -0.145. The van der Waals surface area contributed by atoms with Crippen LogP contribution in [0.15, 0.2) is 30.3 Å². The fourth-order valence-electron chi connectivity index (χ4n) is 3.57. The lowest BCUT2D eigenvalue weighted by atomic mass is 10.1. The highest BCUT2D eigenvalue weighted by atomic mass is 35.5. The van der Waals surface area contributed by atoms with Crippen LogP contribution in [0, 0.1) is 6.92 Å².